The lowest BCUT2D eigenvalue weighted by Gasteiger charge is -2.17. The molecule has 0 radical (unpaired) electrons. The van der Waals surface area contributed by atoms with E-state index in [4.69, 9.17) is 4.74 Å². The highest BCUT2D eigenvalue weighted by atomic mass is 19.1. The van der Waals surface area contributed by atoms with Crippen LogP contribution in [0.5, 0.6) is 5.88 Å². The van der Waals surface area contributed by atoms with Crippen LogP contribution in [-0.2, 0) is 0 Å². The minimum Gasteiger partial charge on any atom is -0.478 e. The molecule has 4 nitrogen and oxygen atoms in total. The van der Waals surface area contributed by atoms with Gasteiger partial charge in [-0.15, -0.1) is 0 Å². The van der Waals surface area contributed by atoms with Crippen molar-refractivity contribution in [3.8, 4) is 5.88 Å². The zero-order valence-corrected chi connectivity index (χ0v) is 11.9. The van der Waals surface area contributed by atoms with Crippen molar-refractivity contribution >= 4 is 5.82 Å². The van der Waals surface area contributed by atoms with Gasteiger partial charge in [0.25, 0.3) is 0 Å². The number of benzene rings is 1. The summed E-state index contributed by atoms with van der Waals surface area (Å²) in [4.78, 5) is 8.30. The first-order chi connectivity index (χ1) is 9.61. The number of rotatable bonds is 5. The number of aromatic nitrogens is 2. The van der Waals surface area contributed by atoms with E-state index in [-0.39, 0.29) is 11.9 Å². The van der Waals surface area contributed by atoms with Crippen LogP contribution in [-0.4, -0.2) is 16.6 Å². The van der Waals surface area contributed by atoms with Gasteiger partial charge in [-0.2, -0.15) is 0 Å². The average Bonchev–Trinajstić information content (AvgIpc) is 2.43. The summed E-state index contributed by atoms with van der Waals surface area (Å²) >= 11 is 0. The number of hydrogen-bond acceptors (Lipinski definition) is 4. The van der Waals surface area contributed by atoms with Gasteiger partial charge in [-0.3, -0.25) is 0 Å². The van der Waals surface area contributed by atoms with E-state index in [2.05, 4.69) is 15.3 Å². The van der Waals surface area contributed by atoms with Crippen molar-refractivity contribution in [1.29, 1.82) is 0 Å². The highest BCUT2D eigenvalue weighted by molar-refractivity contribution is 5.49. The van der Waals surface area contributed by atoms with Gasteiger partial charge in [0.1, 0.15) is 18.0 Å². The lowest BCUT2D eigenvalue weighted by molar-refractivity contribution is 0.324. The second kappa shape index (κ2) is 6.32. The third-order valence-electron chi connectivity index (χ3n) is 3.02. The number of hydrogen-bond donors (Lipinski definition) is 1. The lowest BCUT2D eigenvalue weighted by atomic mass is 10.1. The topological polar surface area (TPSA) is 47.0 Å². The molecule has 20 heavy (non-hydrogen) atoms. The van der Waals surface area contributed by atoms with E-state index in [1.807, 2.05) is 26.8 Å². The fourth-order valence-electron chi connectivity index (χ4n) is 1.93. The molecular weight excluding hydrogens is 257 g/mol. The second-order valence-corrected chi connectivity index (χ2v) is 4.51. The Labute approximate surface area is 118 Å². The van der Waals surface area contributed by atoms with E-state index in [0.29, 0.717) is 18.3 Å². The fraction of sp³-hybridized carbons (Fsp3) is 0.333. The molecule has 0 amide bonds. The van der Waals surface area contributed by atoms with Gasteiger partial charge in [-0.05, 0) is 38.5 Å². The number of nitrogens with zero attached hydrogens (tertiary/aromatic N) is 2. The molecule has 0 aliphatic heterocycles. The van der Waals surface area contributed by atoms with Crippen LogP contribution in [0.1, 0.15) is 31.0 Å². The maximum Gasteiger partial charge on any atom is 0.221 e. The molecule has 0 aliphatic rings. The molecule has 1 aromatic heterocycles. The van der Waals surface area contributed by atoms with E-state index in [0.717, 1.165) is 11.1 Å². The normalized spacial score (nSPS) is 12.0. The van der Waals surface area contributed by atoms with Gasteiger partial charge in [-0.25, -0.2) is 14.4 Å². The van der Waals surface area contributed by atoms with Gasteiger partial charge in [0, 0.05) is 0 Å². The first-order valence-electron chi connectivity index (χ1n) is 6.58. The smallest absolute Gasteiger partial charge is 0.221 e. The Hall–Kier alpha value is -2.17. The van der Waals surface area contributed by atoms with Crippen LogP contribution < -0.4 is 10.1 Å². The van der Waals surface area contributed by atoms with Crippen LogP contribution in [0.25, 0.3) is 0 Å². The standard InChI is InChI=1S/C15H18FN3O/c1-4-20-15-10(2)14(17-9-18-15)19-11(3)12-6-5-7-13(16)8-12/h5-9,11H,4H2,1-3H3,(H,17,18,19). The molecule has 2 aromatic rings. The summed E-state index contributed by atoms with van der Waals surface area (Å²) in [7, 11) is 0. The predicted octanol–water partition coefficient (Wildman–Crippen LogP) is 3.50. The van der Waals surface area contributed by atoms with Crippen molar-refractivity contribution in [2.45, 2.75) is 26.8 Å². The Morgan fingerprint density at radius 3 is 2.85 bits per heavy atom. The van der Waals surface area contributed by atoms with E-state index < -0.39 is 0 Å². The maximum atomic E-state index is 13.2. The molecule has 0 fully saturated rings. The van der Waals surface area contributed by atoms with Gasteiger partial charge in [0.2, 0.25) is 5.88 Å². The number of halogens is 1. The summed E-state index contributed by atoms with van der Waals surface area (Å²) in [5.41, 5.74) is 1.71. The van der Waals surface area contributed by atoms with E-state index in [9.17, 15) is 4.39 Å². The zero-order valence-electron chi connectivity index (χ0n) is 11.9. The molecule has 1 aromatic carbocycles. The number of ether oxygens (including phenoxy) is 1. The summed E-state index contributed by atoms with van der Waals surface area (Å²) in [5.74, 6) is 1.02. The fourth-order valence-corrected chi connectivity index (χ4v) is 1.93. The molecule has 1 atom stereocenters. The molecule has 106 valence electrons. The van der Waals surface area contributed by atoms with E-state index >= 15 is 0 Å². The van der Waals surface area contributed by atoms with Gasteiger partial charge in [-0.1, -0.05) is 12.1 Å². The first-order valence-corrected chi connectivity index (χ1v) is 6.58. The van der Waals surface area contributed by atoms with Crippen LogP contribution in [0.4, 0.5) is 10.2 Å². The maximum absolute atomic E-state index is 13.2. The predicted molar refractivity (Wildman–Crippen MR) is 76.4 cm³/mol. The van der Waals surface area contributed by atoms with E-state index in [1.165, 1.54) is 18.5 Å². The Balaban J connectivity index is 2.19. The summed E-state index contributed by atoms with van der Waals surface area (Å²) < 4.78 is 18.7. The van der Waals surface area contributed by atoms with Crippen LogP contribution in [0.3, 0.4) is 0 Å². The van der Waals surface area contributed by atoms with Crippen LogP contribution >= 0.6 is 0 Å². The van der Waals surface area contributed by atoms with Gasteiger partial charge in [0.15, 0.2) is 0 Å². The summed E-state index contributed by atoms with van der Waals surface area (Å²) in [6.07, 6.45) is 1.46. The van der Waals surface area contributed by atoms with Crippen molar-refractivity contribution in [3.05, 3.63) is 47.5 Å². The minimum atomic E-state index is -0.245. The molecule has 0 spiro atoms. The zero-order chi connectivity index (χ0) is 14.5. The Morgan fingerprint density at radius 1 is 1.35 bits per heavy atom. The van der Waals surface area contributed by atoms with E-state index in [1.54, 1.807) is 6.07 Å². The SMILES string of the molecule is CCOc1ncnc(NC(C)c2cccc(F)c2)c1C. The molecule has 0 saturated carbocycles. The lowest BCUT2D eigenvalue weighted by Crippen LogP contribution is -2.10. The van der Waals surface area contributed by atoms with Crippen molar-refractivity contribution in [3.63, 3.8) is 0 Å². The molecule has 2 rings (SSSR count). The molecular formula is C15H18FN3O. The second-order valence-electron chi connectivity index (χ2n) is 4.51. The monoisotopic (exact) mass is 275 g/mol. The molecule has 0 saturated heterocycles. The summed E-state index contributed by atoms with van der Waals surface area (Å²) in [6, 6.07) is 6.45. The Bertz CT molecular complexity index is 589. The molecule has 0 aliphatic carbocycles. The molecule has 0 bridgehead atoms. The van der Waals surface area contributed by atoms with Gasteiger partial charge in [0.05, 0.1) is 18.2 Å². The minimum absolute atomic E-state index is 0.0613. The van der Waals surface area contributed by atoms with Crippen molar-refractivity contribution in [2.75, 3.05) is 11.9 Å². The quantitative estimate of drug-likeness (QED) is 0.907. The van der Waals surface area contributed by atoms with Crippen molar-refractivity contribution in [2.24, 2.45) is 0 Å². The van der Waals surface area contributed by atoms with Gasteiger partial charge < -0.3 is 10.1 Å². The van der Waals surface area contributed by atoms with Crippen LogP contribution in [0.2, 0.25) is 0 Å². The molecule has 1 heterocycles. The average molecular weight is 275 g/mol. The molecule has 1 N–H and O–H groups in total. The third-order valence-corrected chi connectivity index (χ3v) is 3.02. The summed E-state index contributed by atoms with van der Waals surface area (Å²) in [6.45, 7) is 6.31. The van der Waals surface area contributed by atoms with Crippen molar-refractivity contribution in [1.82, 2.24) is 9.97 Å². The highest BCUT2D eigenvalue weighted by Gasteiger charge is 2.12. The largest absolute Gasteiger partial charge is 0.478 e. The van der Waals surface area contributed by atoms with Crippen molar-refractivity contribution < 1.29 is 9.13 Å². The number of nitrogens with one attached hydrogen (secondary N) is 1. The molecule has 1 unspecified atom stereocenters. The highest BCUT2D eigenvalue weighted by Crippen LogP contribution is 2.24. The van der Waals surface area contributed by atoms with Crippen LogP contribution in [0.15, 0.2) is 30.6 Å². The Kier molecular flexibility index (Phi) is 4.50. The summed E-state index contributed by atoms with van der Waals surface area (Å²) in [5, 5.41) is 3.25. The van der Waals surface area contributed by atoms with Gasteiger partial charge >= 0.3 is 0 Å². The van der Waals surface area contributed by atoms with Crippen LogP contribution in [0, 0.1) is 12.7 Å². The Morgan fingerprint density at radius 2 is 2.15 bits per heavy atom. The first kappa shape index (κ1) is 14.2. The number of anilines is 1. The third kappa shape index (κ3) is 3.23. The molecule has 5 heteroatoms.